The minimum atomic E-state index is -3.81. The number of benzene rings is 3. The van der Waals surface area contributed by atoms with Crippen LogP contribution in [-0.4, -0.2) is 25.2 Å². The Bertz CT molecular complexity index is 1090. The van der Waals surface area contributed by atoms with Crippen molar-refractivity contribution < 1.29 is 18.3 Å². The predicted octanol–water partition coefficient (Wildman–Crippen LogP) is 4.39. The lowest BCUT2D eigenvalue weighted by molar-refractivity contribution is -0.134. The van der Waals surface area contributed by atoms with Gasteiger partial charge >= 0.3 is 5.97 Å². The summed E-state index contributed by atoms with van der Waals surface area (Å²) in [5.41, 5.74) is 5.47. The number of anilines is 1. The molecule has 29 heavy (non-hydrogen) atoms. The van der Waals surface area contributed by atoms with Crippen molar-refractivity contribution in [3.05, 3.63) is 83.9 Å². The van der Waals surface area contributed by atoms with Gasteiger partial charge in [0.05, 0.1) is 4.90 Å². The topological polar surface area (TPSA) is 83.5 Å². The second kappa shape index (κ2) is 8.92. The fourth-order valence-electron chi connectivity index (χ4n) is 3.02. The van der Waals surface area contributed by atoms with E-state index in [1.165, 1.54) is 17.7 Å². The van der Waals surface area contributed by atoms with Gasteiger partial charge in [0.15, 0.2) is 15.6 Å². The van der Waals surface area contributed by atoms with Crippen molar-refractivity contribution in [3.8, 4) is 11.1 Å². The van der Waals surface area contributed by atoms with Gasteiger partial charge in [0, 0.05) is 12.2 Å². The molecule has 0 radical (unpaired) electrons. The molecule has 0 aliphatic rings. The molecule has 0 atom stereocenters. The zero-order valence-corrected chi connectivity index (χ0v) is 16.9. The summed E-state index contributed by atoms with van der Waals surface area (Å²) < 4.78 is 23.9. The number of sulfone groups is 1. The van der Waals surface area contributed by atoms with Crippen LogP contribution in [0.3, 0.4) is 0 Å². The van der Waals surface area contributed by atoms with Crippen molar-refractivity contribution >= 4 is 21.5 Å². The normalized spacial score (nSPS) is 11.2. The van der Waals surface area contributed by atoms with Crippen LogP contribution in [0.5, 0.6) is 0 Å². The van der Waals surface area contributed by atoms with Crippen molar-refractivity contribution in [1.29, 1.82) is 0 Å². The van der Waals surface area contributed by atoms with Crippen LogP contribution in [0.4, 0.5) is 5.69 Å². The van der Waals surface area contributed by atoms with Crippen molar-refractivity contribution in [2.24, 2.45) is 0 Å². The summed E-state index contributed by atoms with van der Waals surface area (Å²) in [6.45, 7) is 2.72. The molecule has 0 aromatic heterocycles. The fraction of sp³-hybridized carbons (Fsp3) is 0.174. The number of hydrogen-bond donors (Lipinski definition) is 2. The summed E-state index contributed by atoms with van der Waals surface area (Å²) in [4.78, 5) is 10.7. The van der Waals surface area contributed by atoms with Crippen molar-refractivity contribution in [3.63, 3.8) is 0 Å². The Morgan fingerprint density at radius 3 is 2.21 bits per heavy atom. The quantitative estimate of drug-likeness (QED) is 0.577. The van der Waals surface area contributed by atoms with Crippen LogP contribution in [0.15, 0.2) is 77.7 Å². The first kappa shape index (κ1) is 20.6. The van der Waals surface area contributed by atoms with Crippen LogP contribution in [0.1, 0.15) is 18.1 Å². The summed E-state index contributed by atoms with van der Waals surface area (Å²) in [5, 5.41) is 12.0. The number of carboxylic acids is 1. The molecule has 0 fully saturated rings. The third-order valence-corrected chi connectivity index (χ3v) is 6.26. The molecule has 6 heteroatoms. The molecule has 0 saturated carbocycles. The van der Waals surface area contributed by atoms with Gasteiger partial charge in [-0.1, -0.05) is 49.4 Å². The second-order valence-corrected chi connectivity index (χ2v) is 8.77. The van der Waals surface area contributed by atoms with Crippen LogP contribution in [0, 0.1) is 0 Å². The molecular weight excluding hydrogens is 386 g/mol. The minimum absolute atomic E-state index is 0.00275. The Labute approximate surface area is 171 Å². The molecule has 0 aliphatic carbocycles. The Hall–Kier alpha value is -3.12. The first-order valence-electron chi connectivity index (χ1n) is 9.34. The van der Waals surface area contributed by atoms with Gasteiger partial charge in [0.25, 0.3) is 0 Å². The van der Waals surface area contributed by atoms with E-state index in [0.29, 0.717) is 6.54 Å². The fourth-order valence-corrected chi connectivity index (χ4v) is 4.07. The number of aliphatic carboxylic acids is 1. The predicted molar refractivity (Wildman–Crippen MR) is 115 cm³/mol. The Morgan fingerprint density at radius 1 is 0.897 bits per heavy atom. The number of carboxylic acid groups (broad SMARTS) is 1. The zero-order chi connectivity index (χ0) is 20.9. The number of carbonyl (C=O) groups is 1. The summed E-state index contributed by atoms with van der Waals surface area (Å²) in [7, 11) is -3.81. The van der Waals surface area contributed by atoms with E-state index in [1.807, 2.05) is 12.1 Å². The lowest BCUT2D eigenvalue weighted by Crippen LogP contribution is -2.15. The lowest BCUT2D eigenvalue weighted by atomic mass is 10.0. The highest BCUT2D eigenvalue weighted by atomic mass is 32.2. The number of hydrogen-bond acceptors (Lipinski definition) is 4. The average Bonchev–Trinajstić information content (AvgIpc) is 2.72. The van der Waals surface area contributed by atoms with Crippen molar-refractivity contribution in [2.45, 2.75) is 24.8 Å². The summed E-state index contributed by atoms with van der Waals surface area (Å²) >= 11 is 0. The van der Waals surface area contributed by atoms with Gasteiger partial charge in [0.1, 0.15) is 0 Å². The van der Waals surface area contributed by atoms with Crippen LogP contribution in [-0.2, 0) is 27.6 Å². The summed E-state index contributed by atoms with van der Waals surface area (Å²) in [6.07, 6.45) is 1.01. The van der Waals surface area contributed by atoms with E-state index in [-0.39, 0.29) is 4.90 Å². The molecule has 3 rings (SSSR count). The first-order valence-corrected chi connectivity index (χ1v) is 11.0. The molecule has 3 aromatic carbocycles. The van der Waals surface area contributed by atoms with Gasteiger partial charge in [-0.25, -0.2) is 8.42 Å². The van der Waals surface area contributed by atoms with Crippen molar-refractivity contribution in [2.75, 3.05) is 11.1 Å². The van der Waals surface area contributed by atoms with E-state index in [4.69, 9.17) is 5.11 Å². The third kappa shape index (κ3) is 5.45. The Morgan fingerprint density at radius 2 is 1.59 bits per heavy atom. The summed E-state index contributed by atoms with van der Waals surface area (Å²) in [6, 6.07) is 22.9. The molecule has 0 spiro atoms. The van der Waals surface area contributed by atoms with E-state index >= 15 is 0 Å². The average molecular weight is 410 g/mol. The Kier molecular flexibility index (Phi) is 6.34. The molecule has 2 N–H and O–H groups in total. The molecule has 0 saturated heterocycles. The minimum Gasteiger partial charge on any atom is -0.480 e. The molecule has 150 valence electrons. The number of rotatable bonds is 8. The maximum absolute atomic E-state index is 11.9. The highest BCUT2D eigenvalue weighted by molar-refractivity contribution is 7.92. The molecular formula is C23H23NO4S. The second-order valence-electron chi connectivity index (χ2n) is 6.78. The molecule has 3 aromatic rings. The zero-order valence-electron chi connectivity index (χ0n) is 16.1. The molecule has 0 heterocycles. The lowest BCUT2D eigenvalue weighted by Gasteiger charge is -2.10. The summed E-state index contributed by atoms with van der Waals surface area (Å²) in [5.74, 6) is -2.28. The van der Waals surface area contributed by atoms with Crippen LogP contribution >= 0.6 is 0 Å². The monoisotopic (exact) mass is 409 g/mol. The van der Waals surface area contributed by atoms with Crippen LogP contribution < -0.4 is 5.32 Å². The van der Waals surface area contributed by atoms with Crippen LogP contribution in [0.25, 0.3) is 11.1 Å². The van der Waals surface area contributed by atoms with E-state index in [2.05, 4.69) is 48.6 Å². The first-order chi connectivity index (χ1) is 13.9. The maximum atomic E-state index is 11.9. The van der Waals surface area contributed by atoms with E-state index in [9.17, 15) is 13.2 Å². The molecule has 0 aliphatic heterocycles. The highest BCUT2D eigenvalue weighted by Crippen LogP contribution is 2.22. The largest absolute Gasteiger partial charge is 0.480 e. The van der Waals surface area contributed by atoms with E-state index in [1.54, 1.807) is 12.1 Å². The van der Waals surface area contributed by atoms with Gasteiger partial charge in [-0.3, -0.25) is 4.79 Å². The highest BCUT2D eigenvalue weighted by Gasteiger charge is 2.18. The standard InChI is InChI=1S/C23H23NO4S/c1-2-17-6-8-19(9-7-17)20-5-3-4-18(14-20)15-24-21-10-12-22(13-11-21)29(27,28)16-23(25)26/h3-14,24H,2,15-16H2,1H3,(H,25,26). The van der Waals surface area contributed by atoms with E-state index < -0.39 is 21.6 Å². The smallest absolute Gasteiger partial charge is 0.319 e. The van der Waals surface area contributed by atoms with Gasteiger partial charge in [0.2, 0.25) is 0 Å². The number of aryl methyl sites for hydroxylation is 1. The molecule has 0 bridgehead atoms. The molecule has 5 nitrogen and oxygen atoms in total. The third-order valence-electron chi connectivity index (χ3n) is 4.65. The van der Waals surface area contributed by atoms with Crippen LogP contribution in [0.2, 0.25) is 0 Å². The van der Waals surface area contributed by atoms with Gasteiger partial charge in [-0.05, 0) is 59.0 Å². The van der Waals surface area contributed by atoms with Crippen molar-refractivity contribution in [1.82, 2.24) is 0 Å². The maximum Gasteiger partial charge on any atom is 0.319 e. The molecule has 0 unspecified atom stereocenters. The molecule has 0 amide bonds. The van der Waals surface area contributed by atoms with Gasteiger partial charge in [-0.2, -0.15) is 0 Å². The Balaban J connectivity index is 1.68. The SMILES string of the molecule is CCc1ccc(-c2cccc(CNc3ccc(S(=O)(=O)CC(=O)O)cc3)c2)cc1. The van der Waals surface area contributed by atoms with E-state index in [0.717, 1.165) is 28.8 Å². The van der Waals surface area contributed by atoms with Gasteiger partial charge < -0.3 is 10.4 Å². The van der Waals surface area contributed by atoms with Gasteiger partial charge in [-0.15, -0.1) is 0 Å². The number of nitrogens with one attached hydrogen (secondary N) is 1.